The van der Waals surface area contributed by atoms with Gasteiger partial charge in [-0.3, -0.25) is 14.8 Å². The summed E-state index contributed by atoms with van der Waals surface area (Å²) in [6.45, 7) is -0.284. The predicted octanol–water partition coefficient (Wildman–Crippen LogP) is 1.62. The number of carbonyl (C=O) groups is 1. The van der Waals surface area contributed by atoms with Crippen molar-refractivity contribution in [1.82, 2.24) is 10.2 Å². The summed E-state index contributed by atoms with van der Waals surface area (Å²) in [5.74, 6) is -0.656. The molecular formula is C13H11F2N3O3S. The van der Waals surface area contributed by atoms with Crippen LogP contribution in [0.3, 0.4) is 0 Å². The van der Waals surface area contributed by atoms with E-state index in [0.29, 0.717) is 11.1 Å². The van der Waals surface area contributed by atoms with Gasteiger partial charge in [0.25, 0.3) is 0 Å². The average molecular weight is 327 g/mol. The van der Waals surface area contributed by atoms with Gasteiger partial charge < -0.3 is 0 Å². The topological polar surface area (TPSA) is 83.1 Å². The third-order valence-electron chi connectivity index (χ3n) is 3.53. The molecule has 0 bridgehead atoms. The molecule has 1 aromatic carbocycles. The van der Waals surface area contributed by atoms with Crippen molar-refractivity contribution in [3.8, 4) is 11.1 Å². The number of carbonyl (C=O) groups excluding carboxylic acids is 1. The highest BCUT2D eigenvalue weighted by Gasteiger charge is 2.40. The quantitative estimate of drug-likeness (QED) is 0.869. The third kappa shape index (κ3) is 2.59. The van der Waals surface area contributed by atoms with Gasteiger partial charge in [0.1, 0.15) is 16.9 Å². The fraction of sp³-hybridized carbons (Fsp3) is 0.231. The van der Waals surface area contributed by atoms with Crippen LogP contribution in [0.1, 0.15) is 6.42 Å². The van der Waals surface area contributed by atoms with Gasteiger partial charge in [-0.2, -0.15) is 13.5 Å². The molecule has 1 N–H and O–H groups in total. The molecule has 1 aliphatic rings. The molecule has 0 saturated carbocycles. The maximum atomic E-state index is 13.1. The maximum Gasteiger partial charge on any atom is 0.307 e. The van der Waals surface area contributed by atoms with Crippen LogP contribution >= 0.6 is 0 Å². The van der Waals surface area contributed by atoms with Gasteiger partial charge in [0.2, 0.25) is 5.91 Å². The van der Waals surface area contributed by atoms with Crippen LogP contribution in [0, 0.1) is 5.82 Å². The third-order valence-corrected chi connectivity index (χ3v) is 4.64. The van der Waals surface area contributed by atoms with E-state index in [1.165, 1.54) is 30.5 Å². The number of aromatic amines is 1. The average Bonchev–Trinajstić information content (AvgIpc) is 3.05. The van der Waals surface area contributed by atoms with E-state index >= 15 is 0 Å². The van der Waals surface area contributed by atoms with E-state index in [0.717, 1.165) is 4.90 Å². The molecule has 1 saturated heterocycles. The second-order valence-electron chi connectivity index (χ2n) is 4.95. The lowest BCUT2D eigenvalue weighted by Crippen LogP contribution is -2.27. The van der Waals surface area contributed by atoms with Crippen molar-refractivity contribution in [2.24, 2.45) is 0 Å². The second kappa shape index (κ2) is 5.16. The van der Waals surface area contributed by atoms with E-state index in [1.54, 1.807) is 0 Å². The fourth-order valence-corrected chi connectivity index (χ4v) is 3.07. The van der Waals surface area contributed by atoms with Crippen LogP contribution < -0.4 is 4.90 Å². The maximum absolute atomic E-state index is 13.1. The predicted molar refractivity (Wildman–Crippen MR) is 74.8 cm³/mol. The van der Waals surface area contributed by atoms with Crippen molar-refractivity contribution in [3.05, 3.63) is 36.3 Å². The minimum Gasteiger partial charge on any atom is -0.295 e. The first-order valence-electron chi connectivity index (χ1n) is 6.39. The molecule has 1 fully saturated rings. The van der Waals surface area contributed by atoms with Crippen LogP contribution in [0.2, 0.25) is 0 Å². The highest BCUT2D eigenvalue weighted by Crippen LogP contribution is 2.32. The van der Waals surface area contributed by atoms with Gasteiger partial charge in [0.15, 0.2) is 0 Å². The molecule has 9 heteroatoms. The molecule has 1 amide bonds. The number of amides is 1. The zero-order valence-electron chi connectivity index (χ0n) is 11.2. The normalized spacial score (nSPS) is 18.9. The molecule has 0 radical (unpaired) electrons. The Morgan fingerprint density at radius 2 is 1.95 bits per heavy atom. The standard InChI is InChI=1S/C13H11F2N3O3S/c14-9-3-1-8(2-4-9)11-6-16-17-13(11)18-7-10(5-12(18)19)22(15,20)21/h1-4,6,10H,5,7H2,(H,16,17). The highest BCUT2D eigenvalue weighted by molar-refractivity contribution is 7.87. The van der Waals surface area contributed by atoms with Crippen molar-refractivity contribution in [2.75, 3.05) is 11.4 Å². The zero-order chi connectivity index (χ0) is 15.9. The molecule has 1 unspecified atom stereocenters. The Hall–Kier alpha value is -2.29. The smallest absolute Gasteiger partial charge is 0.295 e. The number of H-pyrrole nitrogens is 1. The summed E-state index contributed by atoms with van der Waals surface area (Å²) < 4.78 is 48.0. The Balaban J connectivity index is 1.96. The Morgan fingerprint density at radius 1 is 1.27 bits per heavy atom. The molecule has 0 spiro atoms. The van der Waals surface area contributed by atoms with Crippen molar-refractivity contribution in [2.45, 2.75) is 11.7 Å². The SMILES string of the molecule is O=C1CC(S(=O)(=O)F)CN1c1[nH]ncc1-c1ccc(F)cc1. The number of nitrogens with zero attached hydrogens (tertiary/aromatic N) is 2. The number of halogens is 2. The molecule has 2 aromatic rings. The van der Waals surface area contributed by atoms with Gasteiger partial charge >= 0.3 is 10.2 Å². The first-order valence-corrected chi connectivity index (χ1v) is 7.84. The van der Waals surface area contributed by atoms with E-state index in [-0.39, 0.29) is 12.4 Å². The molecule has 2 heterocycles. The highest BCUT2D eigenvalue weighted by atomic mass is 32.3. The van der Waals surface area contributed by atoms with Gasteiger partial charge in [0.05, 0.1) is 6.20 Å². The van der Waals surface area contributed by atoms with Crippen LogP contribution in [0.15, 0.2) is 30.5 Å². The van der Waals surface area contributed by atoms with E-state index in [4.69, 9.17) is 0 Å². The Kier molecular flexibility index (Phi) is 3.44. The summed E-state index contributed by atoms with van der Waals surface area (Å²) >= 11 is 0. The number of anilines is 1. The monoisotopic (exact) mass is 327 g/mol. The Bertz CT molecular complexity index is 817. The lowest BCUT2D eigenvalue weighted by molar-refractivity contribution is -0.117. The number of aromatic nitrogens is 2. The van der Waals surface area contributed by atoms with E-state index in [9.17, 15) is 21.5 Å². The number of hydrogen-bond donors (Lipinski definition) is 1. The summed E-state index contributed by atoms with van der Waals surface area (Å²) in [5.41, 5.74) is 1.11. The van der Waals surface area contributed by atoms with Gasteiger partial charge in [-0.15, -0.1) is 3.89 Å². The van der Waals surface area contributed by atoms with Gasteiger partial charge in [0, 0.05) is 18.5 Å². The number of rotatable bonds is 3. The molecule has 0 aliphatic carbocycles. The first-order chi connectivity index (χ1) is 10.4. The molecule has 1 atom stereocenters. The van der Waals surface area contributed by atoms with Gasteiger partial charge in [-0.25, -0.2) is 4.39 Å². The molecular weight excluding hydrogens is 316 g/mol. The molecule has 22 heavy (non-hydrogen) atoms. The van der Waals surface area contributed by atoms with E-state index in [2.05, 4.69) is 10.2 Å². The van der Waals surface area contributed by atoms with Crippen LogP contribution in [0.25, 0.3) is 11.1 Å². The number of hydrogen-bond acceptors (Lipinski definition) is 4. The second-order valence-corrected chi connectivity index (χ2v) is 6.56. The van der Waals surface area contributed by atoms with Crippen molar-refractivity contribution in [3.63, 3.8) is 0 Å². The van der Waals surface area contributed by atoms with Gasteiger partial charge in [-0.05, 0) is 17.7 Å². The summed E-state index contributed by atoms with van der Waals surface area (Å²) in [6.07, 6.45) is 1.02. The Labute approximate surface area is 125 Å². The van der Waals surface area contributed by atoms with Crippen LogP contribution in [-0.4, -0.2) is 36.3 Å². The molecule has 116 valence electrons. The lowest BCUT2D eigenvalue weighted by Gasteiger charge is -2.15. The molecule has 1 aliphatic heterocycles. The van der Waals surface area contributed by atoms with Crippen molar-refractivity contribution >= 4 is 21.9 Å². The summed E-state index contributed by atoms with van der Waals surface area (Å²) in [6, 6.07) is 5.53. The van der Waals surface area contributed by atoms with E-state index < -0.39 is 33.6 Å². The van der Waals surface area contributed by atoms with Gasteiger partial charge in [-0.1, -0.05) is 12.1 Å². The molecule has 3 rings (SSSR count). The van der Waals surface area contributed by atoms with Crippen LogP contribution in [-0.2, 0) is 15.0 Å². The molecule has 6 nitrogen and oxygen atoms in total. The summed E-state index contributed by atoms with van der Waals surface area (Å²) in [4.78, 5) is 13.1. The van der Waals surface area contributed by atoms with Crippen LogP contribution in [0.5, 0.6) is 0 Å². The number of benzene rings is 1. The molecule has 1 aromatic heterocycles. The minimum absolute atomic E-state index is 0.266. The van der Waals surface area contributed by atoms with Crippen molar-refractivity contribution in [1.29, 1.82) is 0 Å². The largest absolute Gasteiger partial charge is 0.307 e. The Morgan fingerprint density at radius 3 is 2.55 bits per heavy atom. The number of nitrogens with one attached hydrogen (secondary N) is 1. The lowest BCUT2D eigenvalue weighted by atomic mass is 10.1. The summed E-state index contributed by atoms with van der Waals surface area (Å²) in [7, 11) is -4.79. The van der Waals surface area contributed by atoms with Crippen LogP contribution in [0.4, 0.5) is 14.1 Å². The first kappa shape index (κ1) is 14.6. The minimum atomic E-state index is -4.79. The van der Waals surface area contributed by atoms with Crippen molar-refractivity contribution < 1.29 is 21.5 Å². The summed E-state index contributed by atoms with van der Waals surface area (Å²) in [5, 5.41) is 5.05. The van der Waals surface area contributed by atoms with E-state index in [1.807, 2.05) is 0 Å². The zero-order valence-corrected chi connectivity index (χ0v) is 12.0. The fourth-order valence-electron chi connectivity index (χ4n) is 2.41.